The van der Waals surface area contributed by atoms with Gasteiger partial charge in [0.15, 0.2) is 5.82 Å². The summed E-state index contributed by atoms with van der Waals surface area (Å²) in [7, 11) is 0. The Morgan fingerprint density at radius 1 is 1.07 bits per heavy atom. The lowest BCUT2D eigenvalue weighted by Gasteiger charge is -2.19. The fraction of sp³-hybridized carbons (Fsp3) is 0.316. The fourth-order valence-electron chi connectivity index (χ4n) is 2.45. The summed E-state index contributed by atoms with van der Waals surface area (Å²) in [5.41, 5.74) is 2.28. The van der Waals surface area contributed by atoms with E-state index in [1.54, 1.807) is 12.1 Å². The molecule has 0 unspecified atom stereocenters. The van der Waals surface area contributed by atoms with Crippen molar-refractivity contribution in [1.82, 2.24) is 19.9 Å². The van der Waals surface area contributed by atoms with Gasteiger partial charge in [0.2, 0.25) is 5.16 Å². The fourth-order valence-corrected chi connectivity index (χ4v) is 3.76. The number of nitrogen functional groups attached to an aromatic ring is 1. The van der Waals surface area contributed by atoms with Crippen LogP contribution >= 0.6 is 35.0 Å². The van der Waals surface area contributed by atoms with Crippen LogP contribution in [0.25, 0.3) is 0 Å². The Balaban J connectivity index is 1.60. The molecule has 0 aliphatic heterocycles. The Bertz CT molecular complexity index is 934. The first-order valence-corrected chi connectivity index (χ1v) is 10.3. The van der Waals surface area contributed by atoms with Gasteiger partial charge in [-0.3, -0.25) is 0 Å². The van der Waals surface area contributed by atoms with Gasteiger partial charge in [-0.25, -0.2) is 9.66 Å². The van der Waals surface area contributed by atoms with Gasteiger partial charge in [0.25, 0.3) is 0 Å². The highest BCUT2D eigenvalue weighted by atomic mass is 35.5. The minimum atomic E-state index is 0.103. The van der Waals surface area contributed by atoms with Crippen LogP contribution in [-0.4, -0.2) is 19.9 Å². The molecule has 2 N–H and O–H groups in total. The summed E-state index contributed by atoms with van der Waals surface area (Å²) >= 11 is 13.3. The SMILES string of the molecule is CC(C)(C)c1ccc(OCc2nnc(SCc3cc(Cl)nc(Cl)c3)n2N)cc1. The first kappa shape index (κ1) is 20.8. The standard InChI is InChI=1S/C19H21Cl2N5OS/c1-19(2,3)13-4-6-14(7-5-13)27-10-17-24-25-18(26(17)22)28-11-12-8-15(20)23-16(21)9-12/h4-9H,10-11,22H2,1-3H3. The van der Waals surface area contributed by atoms with Gasteiger partial charge in [-0.2, -0.15) is 0 Å². The van der Waals surface area contributed by atoms with Gasteiger partial charge < -0.3 is 10.6 Å². The highest BCUT2D eigenvalue weighted by Crippen LogP contribution is 2.26. The number of hydrogen-bond donors (Lipinski definition) is 1. The van der Waals surface area contributed by atoms with Gasteiger partial charge in [0.1, 0.15) is 22.7 Å². The quantitative estimate of drug-likeness (QED) is 0.336. The Morgan fingerprint density at radius 2 is 1.71 bits per heavy atom. The van der Waals surface area contributed by atoms with E-state index in [-0.39, 0.29) is 12.0 Å². The maximum atomic E-state index is 6.10. The van der Waals surface area contributed by atoms with E-state index in [4.69, 9.17) is 33.8 Å². The second-order valence-corrected chi connectivity index (χ2v) is 8.96. The second-order valence-electron chi connectivity index (χ2n) is 7.24. The van der Waals surface area contributed by atoms with Crippen LogP contribution in [-0.2, 0) is 17.8 Å². The Hall–Kier alpha value is -1.96. The van der Waals surface area contributed by atoms with Crippen molar-refractivity contribution in [1.29, 1.82) is 0 Å². The number of nitrogens with two attached hydrogens (primary N) is 1. The van der Waals surface area contributed by atoms with Crippen LogP contribution in [0.3, 0.4) is 0 Å². The molecule has 0 amide bonds. The molecule has 0 fully saturated rings. The average molecular weight is 438 g/mol. The smallest absolute Gasteiger partial charge is 0.210 e. The number of ether oxygens (including phenoxy) is 1. The van der Waals surface area contributed by atoms with Gasteiger partial charge >= 0.3 is 0 Å². The summed E-state index contributed by atoms with van der Waals surface area (Å²) < 4.78 is 7.22. The minimum Gasteiger partial charge on any atom is -0.486 e. The summed E-state index contributed by atoms with van der Waals surface area (Å²) in [4.78, 5) is 3.93. The van der Waals surface area contributed by atoms with Crippen molar-refractivity contribution >= 4 is 35.0 Å². The van der Waals surface area contributed by atoms with Gasteiger partial charge in [-0.1, -0.05) is 67.9 Å². The maximum absolute atomic E-state index is 6.10. The van der Waals surface area contributed by atoms with Crippen molar-refractivity contribution in [3.05, 3.63) is 63.7 Å². The molecular formula is C19H21Cl2N5OS. The zero-order valence-corrected chi connectivity index (χ0v) is 18.1. The van der Waals surface area contributed by atoms with E-state index < -0.39 is 0 Å². The van der Waals surface area contributed by atoms with Crippen molar-refractivity contribution in [2.24, 2.45) is 0 Å². The maximum Gasteiger partial charge on any atom is 0.210 e. The molecule has 3 rings (SSSR count). The molecule has 0 bridgehead atoms. The Kier molecular flexibility index (Phi) is 6.37. The normalized spacial score (nSPS) is 11.6. The van der Waals surface area contributed by atoms with Crippen LogP contribution in [0, 0.1) is 0 Å². The van der Waals surface area contributed by atoms with Crippen LogP contribution in [0.4, 0.5) is 0 Å². The molecule has 3 aromatic rings. The average Bonchev–Trinajstić information content (AvgIpc) is 2.97. The van der Waals surface area contributed by atoms with E-state index in [1.165, 1.54) is 22.0 Å². The number of rotatable bonds is 6. The van der Waals surface area contributed by atoms with Crippen LogP contribution in [0.5, 0.6) is 5.75 Å². The third kappa shape index (κ3) is 5.31. The zero-order chi connectivity index (χ0) is 20.3. The molecule has 0 saturated carbocycles. The third-order valence-corrected chi connectivity index (χ3v) is 5.42. The lowest BCUT2D eigenvalue weighted by Crippen LogP contribution is -2.16. The van der Waals surface area contributed by atoms with Crippen LogP contribution in [0.2, 0.25) is 10.3 Å². The lowest BCUT2D eigenvalue weighted by atomic mass is 9.87. The Morgan fingerprint density at radius 3 is 2.32 bits per heavy atom. The van der Waals surface area contributed by atoms with Crippen LogP contribution in [0.15, 0.2) is 41.6 Å². The number of nitrogens with zero attached hydrogens (tertiary/aromatic N) is 4. The van der Waals surface area contributed by atoms with E-state index in [0.717, 1.165) is 11.3 Å². The van der Waals surface area contributed by atoms with Crippen molar-refractivity contribution in [2.45, 2.75) is 43.7 Å². The summed E-state index contributed by atoms with van der Waals surface area (Å²) in [6.07, 6.45) is 0. The molecule has 1 aromatic carbocycles. The van der Waals surface area contributed by atoms with Gasteiger partial charge in [0, 0.05) is 5.75 Å². The number of pyridine rings is 1. The van der Waals surface area contributed by atoms with Gasteiger partial charge in [-0.05, 0) is 40.8 Å². The zero-order valence-electron chi connectivity index (χ0n) is 15.8. The van der Waals surface area contributed by atoms with E-state index >= 15 is 0 Å². The number of aromatic nitrogens is 4. The third-order valence-electron chi connectivity index (χ3n) is 4.01. The molecular weight excluding hydrogens is 417 g/mol. The predicted octanol–water partition coefficient (Wildman–Crippen LogP) is 4.86. The molecule has 9 heteroatoms. The molecule has 0 atom stereocenters. The summed E-state index contributed by atoms with van der Waals surface area (Å²) in [5.74, 6) is 7.98. The monoisotopic (exact) mass is 437 g/mol. The van der Waals surface area contributed by atoms with Crippen molar-refractivity contribution in [2.75, 3.05) is 5.84 Å². The molecule has 6 nitrogen and oxygen atoms in total. The van der Waals surface area contributed by atoms with E-state index in [9.17, 15) is 0 Å². The highest BCUT2D eigenvalue weighted by molar-refractivity contribution is 7.98. The predicted molar refractivity (Wildman–Crippen MR) is 113 cm³/mol. The molecule has 0 aliphatic rings. The number of hydrogen-bond acceptors (Lipinski definition) is 6. The second kappa shape index (κ2) is 8.59. The summed E-state index contributed by atoms with van der Waals surface area (Å²) in [6.45, 7) is 6.75. The largest absolute Gasteiger partial charge is 0.486 e. The number of halogens is 2. The summed E-state index contributed by atoms with van der Waals surface area (Å²) in [5, 5.41) is 9.51. The lowest BCUT2D eigenvalue weighted by molar-refractivity contribution is 0.291. The Labute approximate surface area is 178 Å². The van der Waals surface area contributed by atoms with Crippen LogP contribution in [0.1, 0.15) is 37.7 Å². The topological polar surface area (TPSA) is 78.9 Å². The van der Waals surface area contributed by atoms with Crippen molar-refractivity contribution in [3.63, 3.8) is 0 Å². The number of thioether (sulfide) groups is 1. The summed E-state index contributed by atoms with van der Waals surface area (Å²) in [6, 6.07) is 11.5. The van der Waals surface area contributed by atoms with E-state index in [0.29, 0.717) is 27.0 Å². The van der Waals surface area contributed by atoms with Crippen LogP contribution < -0.4 is 10.6 Å². The van der Waals surface area contributed by atoms with Crippen molar-refractivity contribution in [3.8, 4) is 5.75 Å². The molecule has 0 radical (unpaired) electrons. The number of benzene rings is 1. The van der Waals surface area contributed by atoms with E-state index in [2.05, 4.69) is 48.1 Å². The first-order valence-electron chi connectivity index (χ1n) is 8.60. The van der Waals surface area contributed by atoms with Crippen molar-refractivity contribution < 1.29 is 4.74 Å². The molecule has 0 aliphatic carbocycles. The highest BCUT2D eigenvalue weighted by Gasteiger charge is 2.14. The minimum absolute atomic E-state index is 0.103. The molecule has 148 valence electrons. The van der Waals surface area contributed by atoms with Gasteiger partial charge in [-0.15, -0.1) is 10.2 Å². The molecule has 0 saturated heterocycles. The molecule has 0 spiro atoms. The molecule has 28 heavy (non-hydrogen) atoms. The van der Waals surface area contributed by atoms with E-state index in [1.807, 2.05) is 12.1 Å². The first-order chi connectivity index (χ1) is 13.2. The van der Waals surface area contributed by atoms with Gasteiger partial charge in [0.05, 0.1) is 0 Å². The molecule has 2 heterocycles. The molecule has 2 aromatic heterocycles.